The van der Waals surface area contributed by atoms with Gasteiger partial charge in [0.1, 0.15) is 17.2 Å². The highest BCUT2D eigenvalue weighted by molar-refractivity contribution is 5.98. The lowest BCUT2D eigenvalue weighted by Gasteiger charge is -2.18. The van der Waals surface area contributed by atoms with E-state index < -0.39 is 0 Å². The molecule has 0 fully saturated rings. The van der Waals surface area contributed by atoms with Crippen LogP contribution in [-0.4, -0.2) is 32.6 Å². The summed E-state index contributed by atoms with van der Waals surface area (Å²) in [5.41, 5.74) is 1.86. The van der Waals surface area contributed by atoms with Gasteiger partial charge >= 0.3 is 0 Å². The fraction of sp³-hybridized carbons (Fsp3) is 0.222. The van der Waals surface area contributed by atoms with Crippen LogP contribution < -0.4 is 24.8 Å². The van der Waals surface area contributed by atoms with Gasteiger partial charge in [-0.2, -0.15) is 0 Å². The minimum absolute atomic E-state index is 0.0539. The lowest BCUT2D eigenvalue weighted by atomic mass is 10.1. The largest absolute Gasteiger partial charge is 0.497 e. The molecule has 0 unspecified atom stereocenters. The van der Waals surface area contributed by atoms with Crippen molar-refractivity contribution in [1.82, 2.24) is 5.32 Å². The molecule has 2 amide bonds. The molecule has 0 atom stereocenters. The van der Waals surface area contributed by atoms with Gasteiger partial charge in [0.05, 0.1) is 19.9 Å². The first-order valence-corrected chi connectivity index (χ1v) is 7.66. The molecule has 7 heteroatoms. The number of carbonyl (C=O) groups excluding carboxylic acids is 2. The van der Waals surface area contributed by atoms with Crippen molar-refractivity contribution in [1.29, 1.82) is 0 Å². The molecule has 0 radical (unpaired) electrons. The molecule has 0 aromatic heterocycles. The maximum Gasteiger partial charge on any atom is 0.262 e. The van der Waals surface area contributed by atoms with Crippen LogP contribution in [0.2, 0.25) is 0 Å². The van der Waals surface area contributed by atoms with Crippen molar-refractivity contribution < 1.29 is 23.8 Å². The summed E-state index contributed by atoms with van der Waals surface area (Å²) in [6.45, 7) is 0.267. The Morgan fingerprint density at radius 2 is 1.88 bits per heavy atom. The van der Waals surface area contributed by atoms with Gasteiger partial charge in [0.25, 0.3) is 11.8 Å². The number of hydrogen-bond donors (Lipinski definition) is 2. The first-order chi connectivity index (χ1) is 12.1. The minimum atomic E-state index is -0.245. The van der Waals surface area contributed by atoms with Gasteiger partial charge < -0.3 is 24.8 Å². The predicted octanol–water partition coefficient (Wildman–Crippen LogP) is 1.96. The molecule has 1 aliphatic rings. The maximum absolute atomic E-state index is 12.4. The van der Waals surface area contributed by atoms with Gasteiger partial charge in [-0.1, -0.05) is 0 Å². The van der Waals surface area contributed by atoms with Gasteiger partial charge in [-0.3, -0.25) is 9.59 Å². The van der Waals surface area contributed by atoms with E-state index in [-0.39, 0.29) is 18.4 Å². The number of amides is 2. The highest BCUT2D eigenvalue weighted by Gasteiger charge is 2.17. The summed E-state index contributed by atoms with van der Waals surface area (Å²) in [6, 6.07) is 10.3. The quantitative estimate of drug-likeness (QED) is 0.868. The second-order valence-corrected chi connectivity index (χ2v) is 5.45. The molecule has 2 N–H and O–H groups in total. The lowest BCUT2D eigenvalue weighted by molar-refractivity contribution is -0.118. The zero-order valence-corrected chi connectivity index (χ0v) is 13.9. The molecule has 2 aromatic carbocycles. The molecule has 0 spiro atoms. The Balaban J connectivity index is 1.70. The zero-order valence-electron chi connectivity index (χ0n) is 13.9. The summed E-state index contributed by atoms with van der Waals surface area (Å²) in [5.74, 6) is 1.33. The van der Waals surface area contributed by atoms with E-state index >= 15 is 0 Å². The van der Waals surface area contributed by atoms with Gasteiger partial charge in [0, 0.05) is 18.2 Å². The Bertz CT molecular complexity index is 797. The molecule has 130 valence electrons. The molecule has 0 bridgehead atoms. The van der Waals surface area contributed by atoms with E-state index in [0.29, 0.717) is 35.0 Å². The van der Waals surface area contributed by atoms with Crippen LogP contribution in [0.25, 0.3) is 0 Å². The van der Waals surface area contributed by atoms with Crippen molar-refractivity contribution in [2.45, 2.75) is 6.54 Å². The van der Waals surface area contributed by atoms with Crippen LogP contribution in [0, 0.1) is 0 Å². The smallest absolute Gasteiger partial charge is 0.262 e. The number of ether oxygens (including phenoxy) is 3. The van der Waals surface area contributed by atoms with Crippen molar-refractivity contribution in [3.8, 4) is 17.2 Å². The number of benzene rings is 2. The number of fused-ring (bicyclic) bond motifs is 1. The van der Waals surface area contributed by atoms with Crippen LogP contribution in [-0.2, 0) is 11.3 Å². The molecule has 25 heavy (non-hydrogen) atoms. The third kappa shape index (κ3) is 3.82. The first kappa shape index (κ1) is 16.6. The SMILES string of the molecule is COc1cc(CNC(=O)c2ccc3c(c2)OCC(=O)N3)cc(OC)c1. The Kier molecular flexibility index (Phi) is 4.74. The van der Waals surface area contributed by atoms with E-state index in [9.17, 15) is 9.59 Å². The Morgan fingerprint density at radius 3 is 2.56 bits per heavy atom. The van der Waals surface area contributed by atoms with E-state index in [1.165, 1.54) is 0 Å². The van der Waals surface area contributed by atoms with E-state index in [2.05, 4.69) is 10.6 Å². The Hall–Kier alpha value is -3.22. The van der Waals surface area contributed by atoms with Crippen molar-refractivity contribution in [3.63, 3.8) is 0 Å². The number of nitrogens with one attached hydrogen (secondary N) is 2. The van der Waals surface area contributed by atoms with Crippen molar-refractivity contribution >= 4 is 17.5 Å². The monoisotopic (exact) mass is 342 g/mol. The fourth-order valence-corrected chi connectivity index (χ4v) is 2.47. The molecule has 0 aliphatic carbocycles. The van der Waals surface area contributed by atoms with Gasteiger partial charge in [-0.25, -0.2) is 0 Å². The Labute approximate surface area is 144 Å². The summed E-state index contributed by atoms with van der Waals surface area (Å²) in [5, 5.41) is 5.53. The number of anilines is 1. The first-order valence-electron chi connectivity index (χ1n) is 7.66. The van der Waals surface area contributed by atoms with E-state index in [4.69, 9.17) is 14.2 Å². The molecule has 3 rings (SSSR count). The van der Waals surface area contributed by atoms with Crippen molar-refractivity contribution in [2.75, 3.05) is 26.1 Å². The number of hydrogen-bond acceptors (Lipinski definition) is 5. The average Bonchev–Trinajstić information content (AvgIpc) is 2.65. The second kappa shape index (κ2) is 7.12. The number of carbonyl (C=O) groups is 2. The molecule has 0 saturated carbocycles. The standard InChI is InChI=1S/C18H18N2O5/c1-23-13-5-11(6-14(8-13)24-2)9-19-18(22)12-3-4-15-16(7-12)25-10-17(21)20-15/h3-8H,9-10H2,1-2H3,(H,19,22)(H,20,21). The molecule has 2 aromatic rings. The predicted molar refractivity (Wildman–Crippen MR) is 91.3 cm³/mol. The second-order valence-electron chi connectivity index (χ2n) is 5.45. The van der Waals surface area contributed by atoms with Crippen molar-refractivity contribution in [2.24, 2.45) is 0 Å². The van der Waals surface area contributed by atoms with Gasteiger partial charge in [0.2, 0.25) is 0 Å². The number of rotatable bonds is 5. The van der Waals surface area contributed by atoms with Crippen LogP contribution in [0.5, 0.6) is 17.2 Å². The third-order valence-corrected chi connectivity index (χ3v) is 3.74. The summed E-state index contributed by atoms with van der Waals surface area (Å²) < 4.78 is 15.8. The highest BCUT2D eigenvalue weighted by Crippen LogP contribution is 2.28. The van der Waals surface area contributed by atoms with E-state index in [1.807, 2.05) is 12.1 Å². The van der Waals surface area contributed by atoms with Crippen molar-refractivity contribution in [3.05, 3.63) is 47.5 Å². The zero-order chi connectivity index (χ0) is 17.8. The summed E-state index contributed by atoms with van der Waals surface area (Å²) >= 11 is 0. The van der Waals surface area contributed by atoms with Crippen LogP contribution in [0.4, 0.5) is 5.69 Å². The van der Waals surface area contributed by atoms with Gasteiger partial charge in [-0.15, -0.1) is 0 Å². The van der Waals surface area contributed by atoms with E-state index in [0.717, 1.165) is 5.56 Å². The van der Waals surface area contributed by atoms with E-state index in [1.54, 1.807) is 38.5 Å². The average molecular weight is 342 g/mol. The minimum Gasteiger partial charge on any atom is -0.497 e. The van der Waals surface area contributed by atoms with Gasteiger partial charge in [-0.05, 0) is 35.9 Å². The number of methoxy groups -OCH3 is 2. The van der Waals surface area contributed by atoms with Crippen LogP contribution in [0.3, 0.4) is 0 Å². The maximum atomic E-state index is 12.4. The fourth-order valence-electron chi connectivity index (χ4n) is 2.47. The summed E-state index contributed by atoms with van der Waals surface area (Å²) in [7, 11) is 3.14. The summed E-state index contributed by atoms with van der Waals surface area (Å²) in [4.78, 5) is 23.6. The molecule has 0 saturated heterocycles. The molecule has 1 heterocycles. The summed E-state index contributed by atoms with van der Waals surface area (Å²) in [6.07, 6.45) is 0. The Morgan fingerprint density at radius 1 is 1.16 bits per heavy atom. The molecular weight excluding hydrogens is 324 g/mol. The topological polar surface area (TPSA) is 85.9 Å². The third-order valence-electron chi connectivity index (χ3n) is 3.74. The lowest BCUT2D eigenvalue weighted by Crippen LogP contribution is -2.26. The highest BCUT2D eigenvalue weighted by atomic mass is 16.5. The molecule has 1 aliphatic heterocycles. The molecule has 7 nitrogen and oxygen atoms in total. The van der Waals surface area contributed by atoms with Crippen LogP contribution in [0.15, 0.2) is 36.4 Å². The molecular formula is C18H18N2O5. The van der Waals surface area contributed by atoms with Crippen LogP contribution in [0.1, 0.15) is 15.9 Å². The normalized spacial score (nSPS) is 12.5. The van der Waals surface area contributed by atoms with Gasteiger partial charge in [0.15, 0.2) is 6.61 Å². The van der Waals surface area contributed by atoms with Crippen LogP contribution >= 0.6 is 0 Å².